The summed E-state index contributed by atoms with van der Waals surface area (Å²) in [5, 5.41) is 21.8. The van der Waals surface area contributed by atoms with E-state index >= 15 is 0 Å². The SMILES string of the molecule is O=C(Cc1cccs1)N1[C@@H](c2ccccc2)[C@@H](CO)C[C@]12CCCCN(CCO)C2=O. The molecule has 0 unspecified atom stereocenters. The van der Waals surface area contributed by atoms with E-state index in [1.807, 2.05) is 47.8 Å². The summed E-state index contributed by atoms with van der Waals surface area (Å²) in [4.78, 5) is 32.1. The second kappa shape index (κ2) is 9.51. The third-order valence-electron chi connectivity index (χ3n) is 6.66. The van der Waals surface area contributed by atoms with Crippen LogP contribution >= 0.6 is 11.3 Å². The molecule has 0 aliphatic carbocycles. The summed E-state index contributed by atoms with van der Waals surface area (Å²) in [6.45, 7) is 0.676. The normalized spacial score (nSPS) is 26.5. The summed E-state index contributed by atoms with van der Waals surface area (Å²) >= 11 is 1.54. The first kappa shape index (κ1) is 22.0. The second-order valence-electron chi connectivity index (χ2n) is 8.53. The largest absolute Gasteiger partial charge is 0.396 e. The lowest BCUT2D eigenvalue weighted by Crippen LogP contribution is -2.58. The third kappa shape index (κ3) is 4.14. The molecule has 2 aromatic rings. The monoisotopic (exact) mass is 442 g/mol. The van der Waals surface area contributed by atoms with Crippen LogP contribution in [0.1, 0.15) is 42.2 Å². The van der Waals surface area contributed by atoms with Crippen molar-refractivity contribution in [1.29, 1.82) is 0 Å². The number of hydrogen-bond donors (Lipinski definition) is 2. The van der Waals surface area contributed by atoms with Crippen molar-refractivity contribution in [3.05, 3.63) is 58.3 Å². The van der Waals surface area contributed by atoms with E-state index in [0.29, 0.717) is 19.4 Å². The predicted molar refractivity (Wildman–Crippen MR) is 119 cm³/mol. The van der Waals surface area contributed by atoms with Gasteiger partial charge >= 0.3 is 0 Å². The van der Waals surface area contributed by atoms with Crippen LogP contribution in [0, 0.1) is 5.92 Å². The zero-order chi connectivity index (χ0) is 21.8. The van der Waals surface area contributed by atoms with E-state index in [1.165, 1.54) is 11.3 Å². The molecule has 166 valence electrons. The molecule has 0 saturated carbocycles. The van der Waals surface area contributed by atoms with Crippen molar-refractivity contribution >= 4 is 23.2 Å². The number of amides is 2. The van der Waals surface area contributed by atoms with Crippen LogP contribution in [0.15, 0.2) is 47.8 Å². The number of likely N-dealkylation sites (tertiary alicyclic amines) is 2. The van der Waals surface area contributed by atoms with Gasteiger partial charge in [0, 0.05) is 30.5 Å². The molecule has 4 rings (SSSR count). The molecule has 2 aliphatic rings. The molecular weight excluding hydrogens is 412 g/mol. The summed E-state index contributed by atoms with van der Waals surface area (Å²) < 4.78 is 0. The molecule has 3 heterocycles. The van der Waals surface area contributed by atoms with Gasteiger partial charge in [0.05, 0.1) is 19.1 Å². The number of thiophene rings is 1. The van der Waals surface area contributed by atoms with Crippen LogP contribution in [0.4, 0.5) is 0 Å². The van der Waals surface area contributed by atoms with E-state index in [9.17, 15) is 19.8 Å². The molecule has 2 fully saturated rings. The molecule has 2 saturated heterocycles. The Morgan fingerprint density at radius 3 is 2.61 bits per heavy atom. The van der Waals surface area contributed by atoms with E-state index in [4.69, 9.17) is 0 Å². The molecule has 3 atom stereocenters. The quantitative estimate of drug-likeness (QED) is 0.721. The number of aliphatic hydroxyl groups excluding tert-OH is 2. The fraction of sp³-hybridized carbons (Fsp3) is 0.500. The molecule has 1 spiro atoms. The first-order valence-corrected chi connectivity index (χ1v) is 11.9. The lowest BCUT2D eigenvalue weighted by atomic mass is 9.85. The van der Waals surface area contributed by atoms with Gasteiger partial charge in [-0.3, -0.25) is 9.59 Å². The van der Waals surface area contributed by atoms with Crippen LogP contribution in [0.2, 0.25) is 0 Å². The summed E-state index contributed by atoms with van der Waals surface area (Å²) in [7, 11) is 0. The number of nitrogens with zero attached hydrogens (tertiary/aromatic N) is 2. The Kier molecular flexibility index (Phi) is 6.74. The van der Waals surface area contributed by atoms with Crippen LogP contribution in [-0.2, 0) is 16.0 Å². The summed E-state index contributed by atoms with van der Waals surface area (Å²) in [5.74, 6) is -0.380. The number of carbonyl (C=O) groups is 2. The summed E-state index contributed by atoms with van der Waals surface area (Å²) in [5.41, 5.74) is -0.0304. The molecule has 0 bridgehead atoms. The molecule has 2 amide bonds. The molecule has 1 aromatic carbocycles. The lowest BCUT2D eigenvalue weighted by molar-refractivity contribution is -0.153. The van der Waals surface area contributed by atoms with E-state index in [-0.39, 0.29) is 50.0 Å². The smallest absolute Gasteiger partial charge is 0.248 e. The molecular formula is C24H30N2O4S. The van der Waals surface area contributed by atoms with Gasteiger partial charge in [0.25, 0.3) is 0 Å². The van der Waals surface area contributed by atoms with Gasteiger partial charge in [0.1, 0.15) is 5.54 Å². The van der Waals surface area contributed by atoms with Crippen LogP contribution in [0.3, 0.4) is 0 Å². The van der Waals surface area contributed by atoms with Crippen LogP contribution in [0.5, 0.6) is 0 Å². The molecule has 0 radical (unpaired) electrons. The summed E-state index contributed by atoms with van der Waals surface area (Å²) in [6.07, 6.45) is 2.95. The van der Waals surface area contributed by atoms with Crippen LogP contribution in [0.25, 0.3) is 0 Å². The zero-order valence-corrected chi connectivity index (χ0v) is 18.5. The standard InChI is InChI=1S/C24H30N2O4S/c27-13-12-25-11-5-4-10-24(23(25)30)16-19(17-28)22(18-7-2-1-3-8-18)26(24)21(29)15-20-9-6-14-31-20/h1-3,6-9,14,19,22,27-28H,4-5,10-13,15-17H2/t19-,22+,24+/m1/s1. The van der Waals surface area contributed by atoms with E-state index in [0.717, 1.165) is 23.3 Å². The van der Waals surface area contributed by atoms with Gasteiger partial charge in [-0.1, -0.05) is 36.4 Å². The highest BCUT2D eigenvalue weighted by Crippen LogP contribution is 2.50. The average Bonchev–Trinajstić information content (AvgIpc) is 3.38. The third-order valence-corrected chi connectivity index (χ3v) is 7.54. The van der Waals surface area contributed by atoms with Gasteiger partial charge in [-0.15, -0.1) is 11.3 Å². The predicted octanol–water partition coefficient (Wildman–Crippen LogP) is 2.62. The van der Waals surface area contributed by atoms with Crippen LogP contribution < -0.4 is 0 Å². The Balaban J connectivity index is 1.80. The highest BCUT2D eigenvalue weighted by atomic mass is 32.1. The molecule has 2 N–H and O–H groups in total. The maximum absolute atomic E-state index is 13.9. The fourth-order valence-electron chi connectivity index (χ4n) is 5.37. The first-order valence-electron chi connectivity index (χ1n) is 11.0. The van der Waals surface area contributed by atoms with Crippen molar-refractivity contribution in [3.63, 3.8) is 0 Å². The van der Waals surface area contributed by atoms with Crippen molar-refractivity contribution in [2.45, 2.75) is 43.7 Å². The van der Waals surface area contributed by atoms with Gasteiger partial charge in [0.2, 0.25) is 11.8 Å². The molecule has 6 nitrogen and oxygen atoms in total. The molecule has 2 aliphatic heterocycles. The maximum atomic E-state index is 13.9. The Hall–Kier alpha value is -2.22. The Bertz CT molecular complexity index is 888. The number of rotatable bonds is 6. The average molecular weight is 443 g/mol. The minimum Gasteiger partial charge on any atom is -0.396 e. The molecule has 1 aromatic heterocycles. The van der Waals surface area contributed by atoms with Crippen molar-refractivity contribution in [3.8, 4) is 0 Å². The Morgan fingerprint density at radius 2 is 1.94 bits per heavy atom. The fourth-order valence-corrected chi connectivity index (χ4v) is 6.06. The van der Waals surface area contributed by atoms with Crippen molar-refractivity contribution in [2.75, 3.05) is 26.3 Å². The number of aliphatic hydroxyl groups is 2. The van der Waals surface area contributed by atoms with E-state index in [1.54, 1.807) is 9.80 Å². The minimum atomic E-state index is -0.978. The van der Waals surface area contributed by atoms with Gasteiger partial charge < -0.3 is 20.0 Å². The highest BCUT2D eigenvalue weighted by molar-refractivity contribution is 7.10. The molecule has 31 heavy (non-hydrogen) atoms. The van der Waals surface area contributed by atoms with Gasteiger partial charge in [0.15, 0.2) is 0 Å². The highest BCUT2D eigenvalue weighted by Gasteiger charge is 2.59. The number of carbonyl (C=O) groups excluding carboxylic acids is 2. The second-order valence-corrected chi connectivity index (χ2v) is 9.56. The number of benzene rings is 1. The van der Waals surface area contributed by atoms with Gasteiger partial charge in [-0.25, -0.2) is 0 Å². The van der Waals surface area contributed by atoms with Crippen molar-refractivity contribution < 1.29 is 19.8 Å². The lowest BCUT2D eigenvalue weighted by Gasteiger charge is -2.41. The van der Waals surface area contributed by atoms with Gasteiger partial charge in [-0.2, -0.15) is 0 Å². The minimum absolute atomic E-state index is 0.0774. The zero-order valence-electron chi connectivity index (χ0n) is 17.7. The van der Waals surface area contributed by atoms with E-state index in [2.05, 4.69) is 0 Å². The Morgan fingerprint density at radius 1 is 1.13 bits per heavy atom. The van der Waals surface area contributed by atoms with Crippen molar-refractivity contribution in [1.82, 2.24) is 9.80 Å². The van der Waals surface area contributed by atoms with Gasteiger partial charge in [-0.05, 0) is 42.7 Å². The molecule has 7 heteroatoms. The number of β-amino-alcohol motifs (C(OH)–C–C–N with tert-alkyl or cyclic N) is 1. The van der Waals surface area contributed by atoms with Crippen LogP contribution in [-0.4, -0.2) is 63.7 Å². The van der Waals surface area contributed by atoms with Crippen molar-refractivity contribution in [2.24, 2.45) is 5.92 Å². The summed E-state index contributed by atoms with van der Waals surface area (Å²) in [6, 6.07) is 13.3. The first-order chi connectivity index (χ1) is 15.1. The maximum Gasteiger partial charge on any atom is 0.248 e. The topological polar surface area (TPSA) is 81.1 Å². The number of hydrogen-bond acceptors (Lipinski definition) is 5. The Labute approximate surface area is 187 Å². The van der Waals surface area contributed by atoms with E-state index < -0.39 is 5.54 Å².